The highest BCUT2D eigenvalue weighted by Crippen LogP contribution is 2.33. The van der Waals surface area contributed by atoms with Crippen LogP contribution in [-0.4, -0.2) is 42.1 Å². The third-order valence-corrected chi connectivity index (χ3v) is 6.20. The van der Waals surface area contributed by atoms with Gasteiger partial charge in [0, 0.05) is 34.0 Å². The van der Waals surface area contributed by atoms with Crippen LogP contribution in [0.5, 0.6) is 0 Å². The van der Waals surface area contributed by atoms with E-state index in [-0.39, 0.29) is 5.97 Å². The molecule has 0 N–H and O–H groups in total. The predicted octanol–water partition coefficient (Wildman–Crippen LogP) is 5.26. The number of carbonyl (C=O) groups excluding carboxylic acids is 1. The summed E-state index contributed by atoms with van der Waals surface area (Å²) in [5, 5.41) is 3.40. The van der Waals surface area contributed by atoms with E-state index in [1.165, 1.54) is 5.01 Å². The molecule has 1 saturated heterocycles. The third-order valence-electron chi connectivity index (χ3n) is 4.70. The minimum Gasteiger partial charge on any atom is -0.463 e. The van der Waals surface area contributed by atoms with Gasteiger partial charge in [0.05, 0.1) is 17.3 Å². The molecular weight excluding hydrogens is 424 g/mol. The molecule has 2 heterocycles. The van der Waals surface area contributed by atoms with E-state index in [4.69, 9.17) is 9.72 Å². The molecule has 0 radical (unpaired) electrons. The van der Waals surface area contributed by atoms with E-state index >= 15 is 0 Å². The summed E-state index contributed by atoms with van der Waals surface area (Å²) in [6, 6.07) is 8.29. The maximum atomic E-state index is 11.5. The lowest BCUT2D eigenvalue weighted by Crippen LogP contribution is -2.34. The minimum absolute atomic E-state index is 0.243. The van der Waals surface area contributed by atoms with Crippen LogP contribution in [0, 0.1) is 0 Å². The van der Waals surface area contributed by atoms with E-state index in [1.807, 2.05) is 26.0 Å². The molecule has 0 unspecified atom stereocenters. The van der Waals surface area contributed by atoms with Crippen LogP contribution in [0.15, 0.2) is 45.8 Å². The summed E-state index contributed by atoms with van der Waals surface area (Å²) in [5.74, 6) is 0.286. The van der Waals surface area contributed by atoms with Crippen molar-refractivity contribution in [2.75, 3.05) is 26.2 Å². The Morgan fingerprint density at radius 3 is 2.89 bits per heavy atom. The molecule has 1 aliphatic rings. The van der Waals surface area contributed by atoms with Gasteiger partial charge >= 0.3 is 5.97 Å². The van der Waals surface area contributed by atoms with E-state index < -0.39 is 0 Å². The summed E-state index contributed by atoms with van der Waals surface area (Å²) in [7, 11) is 0. The van der Waals surface area contributed by atoms with Crippen molar-refractivity contribution < 1.29 is 9.53 Å². The van der Waals surface area contributed by atoms with E-state index in [0.29, 0.717) is 12.5 Å². The number of aromatic nitrogens is 1. The molecule has 144 valence electrons. The van der Waals surface area contributed by atoms with Gasteiger partial charge in [-0.1, -0.05) is 33.6 Å². The molecule has 1 aromatic carbocycles. The Labute approximate surface area is 173 Å². The number of halogens is 1. The molecule has 1 aromatic heterocycles. The lowest BCUT2D eigenvalue weighted by atomic mass is 9.97. The minimum atomic E-state index is -0.243. The number of hydrogen-bond acceptors (Lipinski definition) is 5. The second-order valence-corrected chi connectivity index (χ2v) is 8.68. The quantitative estimate of drug-likeness (QED) is 0.446. The lowest BCUT2D eigenvalue weighted by Gasteiger charge is -2.31. The Morgan fingerprint density at radius 1 is 1.41 bits per heavy atom. The molecule has 0 atom stereocenters. The average molecular weight is 449 g/mol. The number of carbonyl (C=O) groups is 1. The van der Waals surface area contributed by atoms with E-state index in [0.717, 1.165) is 53.8 Å². The summed E-state index contributed by atoms with van der Waals surface area (Å²) in [6.07, 6.45) is 3.83. The predicted molar refractivity (Wildman–Crippen MR) is 114 cm³/mol. The number of rotatable bonds is 6. The molecular formula is C21H25BrN2O2S. The topological polar surface area (TPSA) is 42.4 Å². The standard InChI is InChI=1S/C21H25BrN2O2S/c1-3-26-20(25)11-15(2)13-24-9-7-16(8-10-24)21-23-19(14-27-21)17-5-4-6-18(22)12-17/h4-6,11-12,14,16H,3,7-10,13H2,1-2H3/b15-11+. The Morgan fingerprint density at radius 2 is 2.19 bits per heavy atom. The highest BCUT2D eigenvalue weighted by atomic mass is 79.9. The monoisotopic (exact) mass is 448 g/mol. The molecule has 0 aliphatic carbocycles. The van der Waals surface area contributed by atoms with Gasteiger partial charge in [0.2, 0.25) is 0 Å². The molecule has 2 aromatic rings. The van der Waals surface area contributed by atoms with Crippen LogP contribution in [0.2, 0.25) is 0 Å². The summed E-state index contributed by atoms with van der Waals surface area (Å²) in [4.78, 5) is 18.9. The Hall–Kier alpha value is -1.50. The fourth-order valence-electron chi connectivity index (χ4n) is 3.38. The highest BCUT2D eigenvalue weighted by molar-refractivity contribution is 9.10. The van der Waals surface area contributed by atoms with E-state index in [2.05, 4.69) is 38.3 Å². The van der Waals surface area contributed by atoms with Gasteiger partial charge in [-0.3, -0.25) is 4.90 Å². The summed E-state index contributed by atoms with van der Waals surface area (Å²) < 4.78 is 6.06. The van der Waals surface area contributed by atoms with Gasteiger partial charge in [0.15, 0.2) is 0 Å². The van der Waals surface area contributed by atoms with Gasteiger partial charge in [0.25, 0.3) is 0 Å². The second kappa shape index (κ2) is 9.62. The maximum absolute atomic E-state index is 11.5. The van der Waals surface area contributed by atoms with E-state index in [9.17, 15) is 4.79 Å². The molecule has 4 nitrogen and oxygen atoms in total. The van der Waals surface area contributed by atoms with Crippen LogP contribution < -0.4 is 0 Å². The summed E-state index contributed by atoms with van der Waals surface area (Å²) >= 11 is 5.30. The van der Waals surface area contributed by atoms with Crippen molar-refractivity contribution in [3.8, 4) is 11.3 Å². The summed E-state index contributed by atoms with van der Waals surface area (Å²) in [6.45, 7) is 7.13. The Bertz CT molecular complexity index is 810. The fraction of sp³-hybridized carbons (Fsp3) is 0.429. The van der Waals surface area contributed by atoms with Crippen molar-refractivity contribution in [1.82, 2.24) is 9.88 Å². The third kappa shape index (κ3) is 5.74. The first kappa shape index (κ1) is 20.2. The molecule has 3 rings (SSSR count). The molecule has 0 amide bonds. The van der Waals surface area contributed by atoms with Crippen molar-refractivity contribution >= 4 is 33.2 Å². The molecule has 1 aliphatic heterocycles. The van der Waals surface area contributed by atoms with Crippen molar-refractivity contribution in [1.29, 1.82) is 0 Å². The van der Waals surface area contributed by atoms with Crippen LogP contribution in [0.4, 0.5) is 0 Å². The van der Waals surface area contributed by atoms with Crippen molar-refractivity contribution in [3.63, 3.8) is 0 Å². The first-order chi connectivity index (χ1) is 13.0. The van der Waals surface area contributed by atoms with Crippen LogP contribution in [0.3, 0.4) is 0 Å². The van der Waals surface area contributed by atoms with Gasteiger partial charge in [-0.15, -0.1) is 11.3 Å². The first-order valence-electron chi connectivity index (χ1n) is 9.32. The fourth-order valence-corrected chi connectivity index (χ4v) is 4.78. The smallest absolute Gasteiger partial charge is 0.330 e. The highest BCUT2D eigenvalue weighted by Gasteiger charge is 2.23. The number of likely N-dealkylation sites (tertiary alicyclic amines) is 1. The molecule has 1 fully saturated rings. The number of piperidine rings is 1. The zero-order chi connectivity index (χ0) is 19.2. The van der Waals surface area contributed by atoms with Gasteiger partial charge in [-0.2, -0.15) is 0 Å². The van der Waals surface area contributed by atoms with Gasteiger partial charge in [0.1, 0.15) is 0 Å². The number of thiazole rings is 1. The molecule has 0 saturated carbocycles. The molecule has 27 heavy (non-hydrogen) atoms. The SMILES string of the molecule is CCOC(=O)/C=C(\C)CN1CCC(c2nc(-c3cccc(Br)c3)cs2)CC1. The maximum Gasteiger partial charge on any atom is 0.330 e. The second-order valence-electron chi connectivity index (χ2n) is 6.87. The van der Waals surface area contributed by atoms with Gasteiger partial charge < -0.3 is 4.74 Å². The van der Waals surface area contributed by atoms with Crippen molar-refractivity contribution in [2.24, 2.45) is 0 Å². The number of esters is 1. The zero-order valence-electron chi connectivity index (χ0n) is 15.8. The largest absolute Gasteiger partial charge is 0.463 e. The van der Waals surface area contributed by atoms with Crippen LogP contribution in [-0.2, 0) is 9.53 Å². The van der Waals surface area contributed by atoms with Gasteiger partial charge in [-0.25, -0.2) is 9.78 Å². The van der Waals surface area contributed by atoms with Crippen LogP contribution in [0.25, 0.3) is 11.3 Å². The molecule has 0 bridgehead atoms. The zero-order valence-corrected chi connectivity index (χ0v) is 18.2. The van der Waals surface area contributed by atoms with Crippen molar-refractivity contribution in [2.45, 2.75) is 32.6 Å². The lowest BCUT2D eigenvalue weighted by molar-refractivity contribution is -0.137. The normalized spacial score (nSPS) is 16.5. The van der Waals surface area contributed by atoms with Crippen molar-refractivity contribution in [3.05, 3.63) is 50.8 Å². The Balaban J connectivity index is 1.54. The van der Waals surface area contributed by atoms with Crippen LogP contribution in [0.1, 0.15) is 37.6 Å². The number of nitrogens with zero attached hydrogens (tertiary/aromatic N) is 2. The first-order valence-corrected chi connectivity index (χ1v) is 11.0. The number of hydrogen-bond donors (Lipinski definition) is 0. The molecule has 0 spiro atoms. The summed E-state index contributed by atoms with van der Waals surface area (Å²) in [5.41, 5.74) is 3.27. The average Bonchev–Trinajstić information content (AvgIpc) is 3.12. The number of benzene rings is 1. The molecule has 6 heteroatoms. The van der Waals surface area contributed by atoms with E-state index in [1.54, 1.807) is 17.4 Å². The number of ether oxygens (including phenoxy) is 1. The van der Waals surface area contributed by atoms with Gasteiger partial charge in [-0.05, 0) is 51.9 Å². The Kier molecular flexibility index (Phi) is 7.21. The van der Waals surface area contributed by atoms with Crippen LogP contribution >= 0.6 is 27.3 Å².